The maximum Gasteiger partial charge on any atom is 0.371 e. The predicted molar refractivity (Wildman–Crippen MR) is 66.8 cm³/mol. The van der Waals surface area contributed by atoms with Crippen molar-refractivity contribution in [1.82, 2.24) is 4.05 Å². The second-order valence-corrected chi connectivity index (χ2v) is 4.75. The molecule has 1 atom stereocenters. The van der Waals surface area contributed by atoms with Gasteiger partial charge >= 0.3 is 5.97 Å². The summed E-state index contributed by atoms with van der Waals surface area (Å²) in [6.45, 7) is 3.03. The minimum absolute atomic E-state index is 0.0676. The highest BCUT2D eigenvalue weighted by molar-refractivity contribution is 7.79. The number of rotatable bonds is 3. The molecule has 0 amide bonds. The van der Waals surface area contributed by atoms with Crippen LogP contribution < -0.4 is 4.05 Å². The number of benzene rings is 1. The summed E-state index contributed by atoms with van der Waals surface area (Å²) < 4.78 is 3.68. The molecule has 5 nitrogen and oxygen atoms in total. The van der Waals surface area contributed by atoms with Crippen molar-refractivity contribution in [2.24, 2.45) is 0 Å². The van der Waals surface area contributed by atoms with E-state index in [0.29, 0.717) is 5.69 Å². The molecule has 0 saturated carbocycles. The number of phenolic OH excluding ortho intramolecular Hbond substituents is 1. The number of hydrogen-bond acceptors (Lipinski definition) is 5. The average molecular weight is 258 g/mol. The van der Waals surface area contributed by atoms with Gasteiger partial charge in [0.25, 0.3) is 0 Å². The van der Waals surface area contributed by atoms with Crippen molar-refractivity contribution in [3.8, 4) is 5.75 Å². The van der Waals surface area contributed by atoms with E-state index in [4.69, 9.17) is 0 Å². The molecule has 0 heterocycles. The number of ether oxygens (including phenoxy) is 1. The number of carbonyl (C=O) groups excluding carboxylic acids is 1. The van der Waals surface area contributed by atoms with Crippen molar-refractivity contribution >= 4 is 24.5 Å². The van der Waals surface area contributed by atoms with Gasteiger partial charge in [0.15, 0.2) is 5.69 Å². The Balaban J connectivity index is 3.18. The Hall–Kier alpha value is -1.24. The van der Waals surface area contributed by atoms with Crippen LogP contribution in [0.3, 0.4) is 0 Å². The molecule has 17 heavy (non-hydrogen) atoms. The highest BCUT2D eigenvalue weighted by Gasteiger charge is 2.51. The zero-order chi connectivity index (χ0) is 13.3. The van der Waals surface area contributed by atoms with Gasteiger partial charge in [0.2, 0.25) is 5.54 Å². The van der Waals surface area contributed by atoms with Gasteiger partial charge in [-0.1, -0.05) is 4.05 Å². The molecule has 0 radical (unpaired) electrons. The Kier molecular flexibility index (Phi) is 3.71. The molecule has 0 aromatic heterocycles. The van der Waals surface area contributed by atoms with E-state index in [1.807, 2.05) is 0 Å². The van der Waals surface area contributed by atoms with Crippen LogP contribution in [0.25, 0.3) is 0 Å². The van der Waals surface area contributed by atoms with E-state index in [2.05, 4.69) is 17.6 Å². The zero-order valence-electron chi connectivity index (χ0n) is 9.91. The van der Waals surface area contributed by atoms with Crippen LogP contribution in [0.5, 0.6) is 5.75 Å². The number of thiol groups is 1. The Bertz CT molecular complexity index is 414. The van der Waals surface area contributed by atoms with Crippen LogP contribution in [0.4, 0.5) is 5.69 Å². The van der Waals surface area contributed by atoms with Crippen LogP contribution in [0.2, 0.25) is 0 Å². The average Bonchev–Trinajstić information content (AvgIpc) is 2.28. The third-order valence-corrected chi connectivity index (χ3v) is 3.41. The van der Waals surface area contributed by atoms with E-state index in [1.54, 1.807) is 0 Å². The Labute approximate surface area is 105 Å². The van der Waals surface area contributed by atoms with Crippen molar-refractivity contribution in [3.05, 3.63) is 24.3 Å². The molecule has 0 aliphatic carbocycles. The summed E-state index contributed by atoms with van der Waals surface area (Å²) in [6, 6.07) is 5.77. The van der Waals surface area contributed by atoms with Crippen LogP contribution in [0.1, 0.15) is 13.8 Å². The topological polar surface area (TPSA) is 66.8 Å². The molecule has 0 bridgehead atoms. The van der Waals surface area contributed by atoms with E-state index >= 15 is 0 Å². The van der Waals surface area contributed by atoms with Crippen molar-refractivity contribution in [3.63, 3.8) is 0 Å². The molecular weight excluding hydrogens is 242 g/mol. The Morgan fingerprint density at radius 3 is 2.24 bits per heavy atom. The summed E-state index contributed by atoms with van der Waals surface area (Å²) >= 11 is 4.09. The van der Waals surface area contributed by atoms with E-state index in [1.165, 1.54) is 45.2 Å². The lowest BCUT2D eigenvalue weighted by Crippen LogP contribution is -2.59. The number of esters is 1. The van der Waals surface area contributed by atoms with E-state index in [0.717, 1.165) is 0 Å². The molecule has 0 fully saturated rings. The number of aromatic hydroxyl groups is 1. The van der Waals surface area contributed by atoms with Gasteiger partial charge in [-0.15, -0.1) is 0 Å². The van der Waals surface area contributed by atoms with Gasteiger partial charge in [0, 0.05) is 26.0 Å². The first kappa shape index (κ1) is 13.8. The second kappa shape index (κ2) is 4.56. The quantitative estimate of drug-likeness (QED) is 0.335. The van der Waals surface area contributed by atoms with Crippen molar-refractivity contribution in [2.75, 3.05) is 7.11 Å². The molecule has 1 unspecified atom stereocenters. The zero-order valence-corrected chi connectivity index (χ0v) is 10.8. The maximum atomic E-state index is 11.6. The first-order valence-electron chi connectivity index (χ1n) is 4.96. The highest BCUT2D eigenvalue weighted by Crippen LogP contribution is 2.35. The third kappa shape index (κ3) is 2.38. The van der Waals surface area contributed by atoms with E-state index in [-0.39, 0.29) is 5.75 Å². The molecule has 0 aliphatic heterocycles. The van der Waals surface area contributed by atoms with Crippen LogP contribution >= 0.6 is 12.8 Å². The molecule has 2 N–H and O–H groups in total. The molecule has 0 spiro atoms. The number of hydrogen-bond donors (Lipinski definition) is 3. The van der Waals surface area contributed by atoms with Crippen LogP contribution in [-0.2, 0) is 9.53 Å². The monoisotopic (exact) mass is 258 g/mol. The van der Waals surface area contributed by atoms with Gasteiger partial charge in [0.1, 0.15) is 18.6 Å². The summed E-state index contributed by atoms with van der Waals surface area (Å²) in [4.78, 5) is 11.6. The first-order chi connectivity index (χ1) is 7.73. The second-order valence-electron chi connectivity index (χ2n) is 4.17. The number of methoxy groups -OCH3 is 1. The Morgan fingerprint density at radius 1 is 1.35 bits per heavy atom. The smallest absolute Gasteiger partial charge is 0.371 e. The lowest BCUT2D eigenvalue weighted by atomic mass is 10.0. The SMILES string of the molecule is COC(=O)C(C)(C)[N+](O)(S)c1ccc(O)cc1. The lowest BCUT2D eigenvalue weighted by molar-refractivity contribution is -0.161. The number of nitrogens with zero attached hydrogens (tertiary/aromatic N) is 1. The number of phenols is 1. The van der Waals surface area contributed by atoms with Crippen molar-refractivity contribution in [1.29, 1.82) is 0 Å². The largest absolute Gasteiger partial charge is 0.508 e. The number of carbonyl (C=O) groups is 1. The number of hydroxylamine groups is 1. The molecule has 1 aromatic carbocycles. The van der Waals surface area contributed by atoms with Gasteiger partial charge in [-0.05, 0) is 12.1 Å². The molecule has 1 aromatic rings. The molecule has 94 valence electrons. The van der Waals surface area contributed by atoms with Crippen LogP contribution in [-0.4, -0.2) is 28.9 Å². The fourth-order valence-corrected chi connectivity index (χ4v) is 1.58. The van der Waals surface area contributed by atoms with Gasteiger partial charge in [0.05, 0.1) is 7.11 Å². The van der Waals surface area contributed by atoms with Crippen LogP contribution in [0.15, 0.2) is 24.3 Å². The van der Waals surface area contributed by atoms with E-state index in [9.17, 15) is 15.1 Å². The van der Waals surface area contributed by atoms with Crippen LogP contribution in [0, 0.1) is 0 Å². The maximum absolute atomic E-state index is 11.6. The van der Waals surface area contributed by atoms with Gasteiger partial charge < -0.3 is 9.84 Å². The van der Waals surface area contributed by atoms with Crippen molar-refractivity contribution < 1.29 is 19.8 Å². The molecular formula is C11H16NO4S+. The molecule has 6 heteroatoms. The minimum Gasteiger partial charge on any atom is -0.508 e. The minimum atomic E-state index is -1.28. The Morgan fingerprint density at radius 2 is 1.82 bits per heavy atom. The molecule has 0 aliphatic rings. The summed E-state index contributed by atoms with van der Waals surface area (Å²) in [5, 5.41) is 19.5. The van der Waals surface area contributed by atoms with Gasteiger partial charge in [-0.3, -0.25) is 0 Å². The molecule has 1 rings (SSSR count). The standard InChI is InChI=1S/C11H15NO4S/c1-11(2,10(14)16-3)12(15,17)8-4-6-9(13)7-5-8/h4-7,15,17H,1-3H3/p+1. The van der Waals surface area contributed by atoms with E-state index < -0.39 is 15.6 Å². The normalized spacial score (nSPS) is 15.1. The fourth-order valence-electron chi connectivity index (χ4n) is 1.36. The predicted octanol–water partition coefficient (Wildman–Crippen LogP) is 1.89. The van der Waals surface area contributed by atoms with Gasteiger partial charge in [-0.25, -0.2) is 4.79 Å². The third-order valence-electron chi connectivity index (χ3n) is 2.67. The first-order valence-corrected chi connectivity index (χ1v) is 5.36. The lowest BCUT2D eigenvalue weighted by Gasteiger charge is -2.34. The van der Waals surface area contributed by atoms with Crippen molar-refractivity contribution in [2.45, 2.75) is 19.4 Å². The fraction of sp³-hybridized carbons (Fsp3) is 0.364. The van der Waals surface area contributed by atoms with Gasteiger partial charge in [-0.2, -0.15) is 5.21 Å². The molecule has 0 saturated heterocycles. The summed E-state index contributed by atoms with van der Waals surface area (Å²) in [7, 11) is 1.24. The summed E-state index contributed by atoms with van der Waals surface area (Å²) in [5.74, 6) is -0.527. The number of quaternary nitrogens is 1. The summed E-state index contributed by atoms with van der Waals surface area (Å²) in [5.41, 5.74) is -0.934. The highest BCUT2D eigenvalue weighted by atomic mass is 32.1. The summed E-state index contributed by atoms with van der Waals surface area (Å²) in [6.07, 6.45) is 0.